The summed E-state index contributed by atoms with van der Waals surface area (Å²) < 4.78 is 16.1. The number of primary amides is 1. The second-order valence-electron chi connectivity index (χ2n) is 6.83. The molecule has 0 aromatic heterocycles. The van der Waals surface area contributed by atoms with Crippen LogP contribution in [0.4, 0.5) is 0 Å². The van der Waals surface area contributed by atoms with Crippen molar-refractivity contribution in [2.24, 2.45) is 10.8 Å². The molecule has 0 fully saturated rings. The Morgan fingerprint density at radius 2 is 1.94 bits per heavy atom. The van der Waals surface area contributed by atoms with Gasteiger partial charge < -0.3 is 19.9 Å². The number of hydrogen-bond acceptors (Lipinski definition) is 6. The molecule has 0 aliphatic heterocycles. The van der Waals surface area contributed by atoms with E-state index in [1.165, 1.54) is 11.8 Å². The van der Waals surface area contributed by atoms with Crippen molar-refractivity contribution in [2.45, 2.75) is 33.1 Å². The van der Waals surface area contributed by atoms with E-state index >= 15 is 0 Å². The highest BCUT2D eigenvalue weighted by atomic mass is 16.5. The van der Waals surface area contributed by atoms with Crippen LogP contribution in [0.1, 0.15) is 36.5 Å². The van der Waals surface area contributed by atoms with Gasteiger partial charge in [0.25, 0.3) is 5.91 Å². The van der Waals surface area contributed by atoms with E-state index < -0.39 is 5.91 Å². The average molecular weight is 428 g/mol. The van der Waals surface area contributed by atoms with Crippen LogP contribution < -0.4 is 25.4 Å². The van der Waals surface area contributed by atoms with Crippen molar-refractivity contribution >= 4 is 18.0 Å². The van der Waals surface area contributed by atoms with Crippen molar-refractivity contribution in [1.82, 2.24) is 5.43 Å². The monoisotopic (exact) mass is 427 g/mol. The molecule has 3 N–H and O–H groups in total. The lowest BCUT2D eigenvalue weighted by Gasteiger charge is -2.11. The van der Waals surface area contributed by atoms with E-state index in [-0.39, 0.29) is 12.5 Å². The first-order valence-electron chi connectivity index (χ1n) is 10.1. The van der Waals surface area contributed by atoms with Gasteiger partial charge in [-0.3, -0.25) is 9.59 Å². The van der Waals surface area contributed by atoms with Crippen LogP contribution in [0.5, 0.6) is 17.2 Å². The summed E-state index contributed by atoms with van der Waals surface area (Å²) in [5.74, 6) is 0.977. The standard InChI is InChI=1S/C23H29N3O5/c1-4-30-21-13-17(8-11-20(21)31-15-22(24)27)14-25-26-23(28)7-5-6-18-9-10-19(29-3)12-16(18)2/h8-14H,4-7,15H2,1-3H3,(H2,24,27)(H,26,28)/b25-14+. The number of nitrogens with two attached hydrogens (primary N) is 1. The molecular weight excluding hydrogens is 398 g/mol. The number of amides is 2. The van der Waals surface area contributed by atoms with Crippen molar-refractivity contribution in [1.29, 1.82) is 0 Å². The number of ether oxygens (including phenoxy) is 3. The Labute approximate surface area is 182 Å². The lowest BCUT2D eigenvalue weighted by atomic mass is 10.0. The minimum Gasteiger partial charge on any atom is -0.497 e. The molecule has 0 saturated carbocycles. The number of rotatable bonds is 12. The molecule has 0 radical (unpaired) electrons. The molecule has 8 nitrogen and oxygen atoms in total. The first-order valence-corrected chi connectivity index (χ1v) is 10.1. The summed E-state index contributed by atoms with van der Waals surface area (Å²) in [5.41, 5.74) is 10.7. The Kier molecular flexibility index (Phi) is 9.35. The predicted molar refractivity (Wildman–Crippen MR) is 119 cm³/mol. The van der Waals surface area contributed by atoms with E-state index in [2.05, 4.69) is 10.5 Å². The lowest BCUT2D eigenvalue weighted by Crippen LogP contribution is -2.20. The van der Waals surface area contributed by atoms with Crippen LogP contribution in [0.2, 0.25) is 0 Å². The van der Waals surface area contributed by atoms with Crippen LogP contribution >= 0.6 is 0 Å². The second-order valence-corrected chi connectivity index (χ2v) is 6.83. The van der Waals surface area contributed by atoms with Crippen molar-refractivity contribution < 1.29 is 23.8 Å². The van der Waals surface area contributed by atoms with E-state index in [9.17, 15) is 9.59 Å². The minimum atomic E-state index is -0.571. The summed E-state index contributed by atoms with van der Waals surface area (Å²) in [6.07, 6.45) is 3.41. The molecule has 0 saturated heterocycles. The zero-order valence-electron chi connectivity index (χ0n) is 18.1. The summed E-state index contributed by atoms with van der Waals surface area (Å²) in [6, 6.07) is 11.0. The van der Waals surface area contributed by atoms with Crippen molar-refractivity contribution in [3.8, 4) is 17.2 Å². The molecule has 0 atom stereocenters. The Morgan fingerprint density at radius 3 is 2.61 bits per heavy atom. The molecule has 2 aromatic rings. The number of carbonyl (C=O) groups excluding carboxylic acids is 2. The summed E-state index contributed by atoms with van der Waals surface area (Å²) >= 11 is 0. The van der Waals surface area contributed by atoms with Crippen molar-refractivity contribution in [2.75, 3.05) is 20.3 Å². The molecule has 166 valence electrons. The summed E-state index contributed by atoms with van der Waals surface area (Å²) in [4.78, 5) is 23.0. The van der Waals surface area contributed by atoms with Gasteiger partial charge in [-0.25, -0.2) is 5.43 Å². The number of nitrogens with zero attached hydrogens (tertiary/aromatic N) is 1. The molecule has 0 bridgehead atoms. The maximum Gasteiger partial charge on any atom is 0.255 e. The average Bonchev–Trinajstić information content (AvgIpc) is 2.74. The SMILES string of the molecule is CCOc1cc(/C=N/NC(=O)CCCc2ccc(OC)cc2C)ccc1OCC(N)=O. The molecule has 2 amide bonds. The van der Waals surface area contributed by atoms with Gasteiger partial charge in [-0.1, -0.05) is 6.07 Å². The Bertz CT molecular complexity index is 927. The number of aryl methyl sites for hydroxylation is 2. The Balaban J connectivity index is 1.84. The molecule has 0 heterocycles. The molecule has 0 spiro atoms. The van der Waals surface area contributed by atoms with Crippen molar-refractivity contribution in [3.63, 3.8) is 0 Å². The van der Waals surface area contributed by atoms with Gasteiger partial charge in [0.05, 0.1) is 19.9 Å². The third-order valence-corrected chi connectivity index (χ3v) is 4.44. The zero-order chi connectivity index (χ0) is 22.6. The third-order valence-electron chi connectivity index (χ3n) is 4.44. The van der Waals surface area contributed by atoms with Gasteiger partial charge >= 0.3 is 0 Å². The number of methoxy groups -OCH3 is 1. The molecule has 2 rings (SSSR count). The smallest absolute Gasteiger partial charge is 0.255 e. The normalized spacial score (nSPS) is 10.7. The highest BCUT2D eigenvalue weighted by molar-refractivity contribution is 5.83. The van der Waals surface area contributed by atoms with E-state index in [1.807, 2.05) is 32.0 Å². The fraction of sp³-hybridized carbons (Fsp3) is 0.348. The van der Waals surface area contributed by atoms with Gasteiger partial charge in [0.2, 0.25) is 5.91 Å². The van der Waals surface area contributed by atoms with Gasteiger partial charge in [0, 0.05) is 6.42 Å². The van der Waals surface area contributed by atoms with Gasteiger partial charge in [0.15, 0.2) is 18.1 Å². The molecular formula is C23H29N3O5. The van der Waals surface area contributed by atoms with Crippen LogP contribution in [0, 0.1) is 6.92 Å². The van der Waals surface area contributed by atoms with Crippen LogP contribution in [0.3, 0.4) is 0 Å². The van der Waals surface area contributed by atoms with E-state index in [0.717, 1.165) is 24.2 Å². The molecule has 0 unspecified atom stereocenters. The minimum absolute atomic E-state index is 0.158. The van der Waals surface area contributed by atoms with Gasteiger partial charge in [0.1, 0.15) is 5.75 Å². The number of carbonyl (C=O) groups is 2. The number of nitrogens with one attached hydrogen (secondary N) is 1. The van der Waals surface area contributed by atoms with Gasteiger partial charge in [-0.05, 0) is 73.7 Å². The fourth-order valence-corrected chi connectivity index (χ4v) is 2.89. The maximum absolute atomic E-state index is 12.0. The molecule has 0 aliphatic carbocycles. The largest absolute Gasteiger partial charge is 0.497 e. The fourth-order valence-electron chi connectivity index (χ4n) is 2.89. The van der Waals surface area contributed by atoms with Crippen LogP contribution in [0.15, 0.2) is 41.5 Å². The second kappa shape index (κ2) is 12.2. The van der Waals surface area contributed by atoms with E-state index in [4.69, 9.17) is 19.9 Å². The maximum atomic E-state index is 12.0. The topological polar surface area (TPSA) is 112 Å². The van der Waals surface area contributed by atoms with Gasteiger partial charge in [-0.2, -0.15) is 5.10 Å². The first kappa shape index (κ1) is 23.7. The molecule has 31 heavy (non-hydrogen) atoms. The summed E-state index contributed by atoms with van der Waals surface area (Å²) in [5, 5.41) is 4.00. The molecule has 2 aromatic carbocycles. The number of hydrogen-bond donors (Lipinski definition) is 2. The van der Waals surface area contributed by atoms with Gasteiger partial charge in [-0.15, -0.1) is 0 Å². The van der Waals surface area contributed by atoms with Crippen LogP contribution in [0.25, 0.3) is 0 Å². The van der Waals surface area contributed by atoms with Crippen molar-refractivity contribution in [3.05, 3.63) is 53.1 Å². The van der Waals surface area contributed by atoms with E-state index in [1.54, 1.807) is 25.3 Å². The zero-order valence-corrected chi connectivity index (χ0v) is 18.1. The first-order chi connectivity index (χ1) is 14.9. The molecule has 0 aliphatic rings. The molecule has 8 heteroatoms. The van der Waals surface area contributed by atoms with Crippen LogP contribution in [-0.2, 0) is 16.0 Å². The predicted octanol–water partition coefficient (Wildman–Crippen LogP) is 2.74. The Hall–Kier alpha value is -3.55. The summed E-state index contributed by atoms with van der Waals surface area (Å²) in [6.45, 7) is 4.06. The van der Waals surface area contributed by atoms with Crippen LogP contribution in [-0.4, -0.2) is 38.4 Å². The highest BCUT2D eigenvalue weighted by Crippen LogP contribution is 2.28. The number of benzene rings is 2. The van der Waals surface area contributed by atoms with E-state index in [0.29, 0.717) is 30.1 Å². The quantitative estimate of drug-likeness (QED) is 0.400. The third kappa shape index (κ3) is 8.00. The lowest BCUT2D eigenvalue weighted by molar-refractivity contribution is -0.121. The highest BCUT2D eigenvalue weighted by Gasteiger charge is 2.08. The summed E-state index contributed by atoms with van der Waals surface area (Å²) in [7, 11) is 1.64. The number of hydrazone groups is 1. The Morgan fingerprint density at radius 1 is 1.13 bits per heavy atom.